The molecule has 2 aromatic carbocycles. The van der Waals surface area contributed by atoms with Crippen molar-refractivity contribution in [2.75, 3.05) is 31.2 Å². The summed E-state index contributed by atoms with van der Waals surface area (Å²) in [7, 11) is 0. The number of rotatable bonds is 4. The van der Waals surface area contributed by atoms with Crippen LogP contribution in [0, 0.1) is 0 Å². The van der Waals surface area contributed by atoms with Crippen LogP contribution in [0.4, 0.5) is 5.69 Å². The second kappa shape index (κ2) is 7.90. The highest BCUT2D eigenvalue weighted by atomic mass is 35.5. The number of anilines is 1. The fourth-order valence-corrected chi connectivity index (χ4v) is 5.07. The first-order chi connectivity index (χ1) is 15.5. The normalized spacial score (nSPS) is 29.7. The Hall–Kier alpha value is -2.36. The fraction of sp³-hybridized carbons (Fsp3) is 0.435. The molecule has 9 heteroatoms. The lowest BCUT2D eigenvalue weighted by Gasteiger charge is -2.18. The van der Waals surface area contributed by atoms with Gasteiger partial charge in [-0.1, -0.05) is 23.7 Å². The summed E-state index contributed by atoms with van der Waals surface area (Å²) in [4.78, 5) is 9.92. The summed E-state index contributed by atoms with van der Waals surface area (Å²) in [6.45, 7) is 2.13. The van der Waals surface area contributed by atoms with Gasteiger partial charge in [0.2, 0.25) is 0 Å². The maximum atomic E-state index is 9.90. The number of ether oxygens (including phenoxy) is 3. The van der Waals surface area contributed by atoms with Gasteiger partial charge < -0.3 is 34.3 Å². The predicted molar refractivity (Wildman–Crippen MR) is 119 cm³/mol. The Morgan fingerprint density at radius 3 is 2.69 bits per heavy atom. The largest absolute Gasteiger partial charge is 0.456 e. The molecule has 1 aromatic heterocycles. The molecule has 32 heavy (non-hydrogen) atoms. The summed E-state index contributed by atoms with van der Waals surface area (Å²) >= 11 is 6.59. The van der Waals surface area contributed by atoms with Gasteiger partial charge in [0.15, 0.2) is 6.10 Å². The van der Waals surface area contributed by atoms with E-state index in [2.05, 4.69) is 27.0 Å². The van der Waals surface area contributed by atoms with Gasteiger partial charge in [-0.25, -0.2) is 0 Å². The van der Waals surface area contributed by atoms with Crippen molar-refractivity contribution in [1.29, 1.82) is 0 Å². The molecule has 6 rings (SSSR count). The molecule has 8 nitrogen and oxygen atoms in total. The molecule has 3 aliphatic rings. The van der Waals surface area contributed by atoms with E-state index in [0.717, 1.165) is 40.8 Å². The van der Waals surface area contributed by atoms with Crippen LogP contribution < -0.4 is 9.64 Å². The first-order valence-electron chi connectivity index (χ1n) is 10.9. The van der Waals surface area contributed by atoms with Gasteiger partial charge in [-0.15, -0.1) is 0 Å². The molecule has 0 spiro atoms. The first-order valence-corrected chi connectivity index (χ1v) is 11.2. The molecular weight excluding hydrogens is 434 g/mol. The third kappa shape index (κ3) is 3.52. The standard InChI is InChI=1S/C23H24ClN3O5/c24-16-8-18-17(25-23(26-18)32-20-11-31-21-19(29)10-30-22(20)21)7-15(16)12-1-3-13(4-2-12)27-6-5-14(28)9-27/h1-4,7-8,14,19-22,28-29H,5-6,9-11H2,(H,25,26)/t14?,19?,20?,21-,22-/m1/s1. The van der Waals surface area contributed by atoms with Gasteiger partial charge in [-0.2, -0.15) is 4.98 Å². The van der Waals surface area contributed by atoms with E-state index in [1.54, 1.807) is 0 Å². The summed E-state index contributed by atoms with van der Waals surface area (Å²) in [5.74, 6) is 0. The van der Waals surface area contributed by atoms with Gasteiger partial charge in [-0.05, 0) is 36.2 Å². The predicted octanol–water partition coefficient (Wildman–Crippen LogP) is 2.36. The van der Waals surface area contributed by atoms with Crippen molar-refractivity contribution >= 4 is 28.3 Å². The summed E-state index contributed by atoms with van der Waals surface area (Å²) in [5, 5.41) is 20.3. The van der Waals surface area contributed by atoms with Crippen LogP contribution in [-0.4, -0.2) is 77.0 Å². The quantitative estimate of drug-likeness (QED) is 0.553. The number of hydrogen-bond acceptors (Lipinski definition) is 7. The zero-order valence-electron chi connectivity index (χ0n) is 17.3. The molecule has 0 bridgehead atoms. The van der Waals surface area contributed by atoms with Crippen LogP contribution in [0.3, 0.4) is 0 Å². The number of benzene rings is 2. The Labute approximate surface area is 189 Å². The van der Waals surface area contributed by atoms with Crippen LogP contribution in [0.5, 0.6) is 6.01 Å². The van der Waals surface area contributed by atoms with Crippen LogP contribution in [0.15, 0.2) is 36.4 Å². The number of imidazole rings is 1. The monoisotopic (exact) mass is 457 g/mol. The highest BCUT2D eigenvalue weighted by Crippen LogP contribution is 2.35. The maximum Gasteiger partial charge on any atom is 0.295 e. The van der Waals surface area contributed by atoms with E-state index in [-0.39, 0.29) is 31.0 Å². The van der Waals surface area contributed by atoms with Gasteiger partial charge in [-0.3, -0.25) is 0 Å². The molecule has 3 saturated heterocycles. The summed E-state index contributed by atoms with van der Waals surface area (Å²) in [5.41, 5.74) is 4.49. The van der Waals surface area contributed by atoms with Crippen molar-refractivity contribution in [3.63, 3.8) is 0 Å². The van der Waals surface area contributed by atoms with Crippen molar-refractivity contribution in [3.8, 4) is 17.1 Å². The number of β-amino-alcohol motifs (C(OH)–C–C–N with tert-alkyl or cyclic N) is 1. The van der Waals surface area contributed by atoms with Crippen LogP contribution >= 0.6 is 11.6 Å². The maximum absolute atomic E-state index is 9.90. The third-order valence-electron chi connectivity index (χ3n) is 6.50. The summed E-state index contributed by atoms with van der Waals surface area (Å²) < 4.78 is 17.2. The molecular formula is C23H24ClN3O5. The number of aliphatic hydroxyl groups is 2. The van der Waals surface area contributed by atoms with Gasteiger partial charge in [0.25, 0.3) is 6.01 Å². The molecule has 3 N–H and O–H groups in total. The molecule has 0 aliphatic carbocycles. The first kappa shape index (κ1) is 20.3. The smallest absolute Gasteiger partial charge is 0.295 e. The minimum Gasteiger partial charge on any atom is -0.456 e. The van der Waals surface area contributed by atoms with Crippen molar-refractivity contribution in [1.82, 2.24) is 9.97 Å². The fourth-order valence-electron chi connectivity index (χ4n) is 4.80. The van der Waals surface area contributed by atoms with Crippen LogP contribution in [0.1, 0.15) is 6.42 Å². The van der Waals surface area contributed by atoms with Crippen molar-refractivity contribution in [2.24, 2.45) is 0 Å². The van der Waals surface area contributed by atoms with Gasteiger partial charge in [0.1, 0.15) is 18.3 Å². The van der Waals surface area contributed by atoms with Crippen LogP contribution in [-0.2, 0) is 9.47 Å². The molecule has 3 fully saturated rings. The highest BCUT2D eigenvalue weighted by Gasteiger charge is 2.48. The molecule has 3 aromatic rings. The summed E-state index contributed by atoms with van der Waals surface area (Å²) in [6, 6.07) is 12.3. The van der Waals surface area contributed by atoms with E-state index in [1.165, 1.54) is 0 Å². The van der Waals surface area contributed by atoms with Crippen LogP contribution in [0.2, 0.25) is 5.02 Å². The minimum atomic E-state index is -0.618. The van der Waals surface area contributed by atoms with Gasteiger partial charge >= 0.3 is 0 Å². The van der Waals surface area contributed by atoms with E-state index in [0.29, 0.717) is 24.2 Å². The molecule has 0 saturated carbocycles. The van der Waals surface area contributed by atoms with E-state index in [9.17, 15) is 10.2 Å². The van der Waals surface area contributed by atoms with E-state index in [1.807, 2.05) is 24.3 Å². The second-order valence-electron chi connectivity index (χ2n) is 8.65. The number of H-pyrrole nitrogens is 1. The Morgan fingerprint density at radius 2 is 1.91 bits per heavy atom. The van der Waals surface area contributed by atoms with E-state index in [4.69, 9.17) is 25.8 Å². The van der Waals surface area contributed by atoms with Crippen LogP contribution in [0.25, 0.3) is 22.2 Å². The Morgan fingerprint density at radius 1 is 1.09 bits per heavy atom. The molecule has 3 aliphatic heterocycles. The third-order valence-corrected chi connectivity index (χ3v) is 6.81. The zero-order chi connectivity index (χ0) is 21.8. The Balaban J connectivity index is 1.23. The number of aromatic nitrogens is 2. The lowest BCUT2D eigenvalue weighted by atomic mass is 10.0. The number of hydrogen-bond donors (Lipinski definition) is 3. The number of halogens is 1. The number of fused-ring (bicyclic) bond motifs is 2. The molecule has 0 radical (unpaired) electrons. The Kier molecular flexibility index (Phi) is 5.00. The number of nitrogens with zero attached hydrogens (tertiary/aromatic N) is 2. The molecule has 5 atom stereocenters. The number of aromatic amines is 1. The highest BCUT2D eigenvalue weighted by molar-refractivity contribution is 6.34. The number of nitrogens with one attached hydrogen (secondary N) is 1. The minimum absolute atomic E-state index is 0.255. The van der Waals surface area contributed by atoms with Gasteiger partial charge in [0.05, 0.1) is 35.4 Å². The average molecular weight is 458 g/mol. The molecule has 0 amide bonds. The summed E-state index contributed by atoms with van der Waals surface area (Å²) in [6.07, 6.45) is -1.05. The van der Waals surface area contributed by atoms with Crippen molar-refractivity contribution in [3.05, 3.63) is 41.4 Å². The van der Waals surface area contributed by atoms with Gasteiger partial charge in [0, 0.05) is 24.3 Å². The average Bonchev–Trinajstić information content (AvgIpc) is 3.55. The van der Waals surface area contributed by atoms with Crippen molar-refractivity contribution in [2.45, 2.75) is 36.9 Å². The molecule has 4 heterocycles. The number of aliphatic hydroxyl groups excluding tert-OH is 2. The van der Waals surface area contributed by atoms with Crippen molar-refractivity contribution < 1.29 is 24.4 Å². The lowest BCUT2D eigenvalue weighted by molar-refractivity contribution is 0.00706. The zero-order valence-corrected chi connectivity index (χ0v) is 18.0. The second-order valence-corrected chi connectivity index (χ2v) is 9.05. The Bertz CT molecular complexity index is 1140. The van der Waals surface area contributed by atoms with E-state index < -0.39 is 6.10 Å². The van der Waals surface area contributed by atoms with E-state index >= 15 is 0 Å². The SMILES string of the molecule is OC1CCN(c2ccc(-c3cc4nc(OC5CO[C@@H]6C(O)CO[C@H]56)[nH]c4cc3Cl)cc2)C1. The molecule has 3 unspecified atom stereocenters. The topological polar surface area (TPSA) is 100 Å². The molecule has 168 valence electrons. The lowest BCUT2D eigenvalue weighted by Crippen LogP contribution is -2.34.